The molecule has 98 valence electrons. The molecule has 2 nitrogen and oxygen atoms in total. The third kappa shape index (κ3) is 14.8. The summed E-state index contributed by atoms with van der Waals surface area (Å²) in [7, 11) is 0. The van der Waals surface area contributed by atoms with E-state index in [-0.39, 0.29) is 0 Å². The van der Waals surface area contributed by atoms with Crippen LogP contribution in [0.15, 0.2) is 41.4 Å². The van der Waals surface area contributed by atoms with Gasteiger partial charge in [-0.2, -0.15) is 0 Å². The van der Waals surface area contributed by atoms with Crippen molar-refractivity contribution >= 4 is 0 Å². The van der Waals surface area contributed by atoms with Crippen molar-refractivity contribution in [3.8, 4) is 0 Å². The second-order valence-corrected chi connectivity index (χ2v) is 4.11. The van der Waals surface area contributed by atoms with Crippen molar-refractivity contribution in [2.75, 3.05) is 6.61 Å². The van der Waals surface area contributed by atoms with Gasteiger partial charge in [0, 0.05) is 0 Å². The molecule has 0 aromatic carbocycles. The summed E-state index contributed by atoms with van der Waals surface area (Å²) in [6.45, 7) is 8.67. The molecule has 0 amide bonds. The van der Waals surface area contributed by atoms with E-state index in [1.54, 1.807) is 12.5 Å². The Morgan fingerprint density at radius 3 is 2.12 bits per heavy atom. The highest BCUT2D eigenvalue weighted by Gasteiger charge is 1.90. The number of unbranched alkanes of at least 4 members (excludes halogenated alkanes) is 5. The van der Waals surface area contributed by atoms with Gasteiger partial charge in [0.2, 0.25) is 0 Å². The maximum Gasteiger partial charge on any atom is 0.0902 e. The first-order chi connectivity index (χ1) is 8.27. The smallest absolute Gasteiger partial charge is 0.0902 e. The third-order valence-corrected chi connectivity index (χ3v) is 2.27. The van der Waals surface area contributed by atoms with Crippen LogP contribution < -0.4 is 0 Å². The Balaban J connectivity index is 0.000000419. The maximum absolute atomic E-state index is 5.25. The Hall–Kier alpha value is -1.18. The maximum atomic E-state index is 5.25. The van der Waals surface area contributed by atoms with Gasteiger partial charge < -0.3 is 9.15 Å². The minimum Gasteiger partial charge on any atom is -0.499 e. The highest BCUT2D eigenvalue weighted by Crippen LogP contribution is 2.05. The van der Waals surface area contributed by atoms with Crippen LogP contribution in [-0.4, -0.2) is 6.61 Å². The summed E-state index contributed by atoms with van der Waals surface area (Å²) in [5.41, 5.74) is 0. The van der Waals surface area contributed by atoms with E-state index in [0.717, 1.165) is 12.4 Å². The highest BCUT2D eigenvalue weighted by molar-refractivity contribution is 4.79. The fourth-order valence-electron chi connectivity index (χ4n) is 1.36. The van der Waals surface area contributed by atoms with Crippen LogP contribution in [0.25, 0.3) is 0 Å². The number of furan rings is 1. The first-order valence-electron chi connectivity index (χ1n) is 6.52. The van der Waals surface area contributed by atoms with E-state index in [4.69, 9.17) is 4.74 Å². The van der Waals surface area contributed by atoms with Crippen LogP contribution >= 0.6 is 0 Å². The zero-order chi connectivity index (χ0) is 12.8. The number of hydrogen-bond donors (Lipinski definition) is 0. The van der Waals surface area contributed by atoms with Crippen LogP contribution in [0, 0.1) is 0 Å². The van der Waals surface area contributed by atoms with Crippen LogP contribution in [0.1, 0.15) is 52.4 Å². The molecule has 0 fully saturated rings. The van der Waals surface area contributed by atoms with E-state index in [1.807, 2.05) is 19.1 Å². The molecule has 0 saturated carbocycles. The lowest BCUT2D eigenvalue weighted by molar-refractivity contribution is 0.208. The second kappa shape index (κ2) is 12.9. The van der Waals surface area contributed by atoms with E-state index in [9.17, 15) is 0 Å². The third-order valence-electron chi connectivity index (χ3n) is 2.27. The topological polar surface area (TPSA) is 22.4 Å². The molecule has 0 aliphatic carbocycles. The molecule has 1 heterocycles. The first kappa shape index (κ1) is 15.8. The summed E-state index contributed by atoms with van der Waals surface area (Å²) in [5, 5.41) is 0. The van der Waals surface area contributed by atoms with Gasteiger partial charge in [-0.25, -0.2) is 0 Å². The Bertz CT molecular complexity index is 222. The van der Waals surface area contributed by atoms with Gasteiger partial charge in [-0.05, 0) is 25.5 Å². The lowest BCUT2D eigenvalue weighted by Crippen LogP contribution is -1.91. The molecule has 17 heavy (non-hydrogen) atoms. The van der Waals surface area contributed by atoms with Gasteiger partial charge in [0.05, 0.1) is 24.9 Å². The molecule has 0 unspecified atom stereocenters. The molecule has 0 radical (unpaired) electrons. The van der Waals surface area contributed by atoms with Gasteiger partial charge in [0.1, 0.15) is 0 Å². The van der Waals surface area contributed by atoms with Crippen LogP contribution in [0.2, 0.25) is 0 Å². The lowest BCUT2D eigenvalue weighted by Gasteiger charge is -2.03. The molecule has 0 aliphatic rings. The van der Waals surface area contributed by atoms with E-state index in [1.165, 1.54) is 38.5 Å². The Morgan fingerprint density at radius 2 is 1.65 bits per heavy atom. The standard InChI is InChI=1S/C11H22O.C4H4O/c1-4-5-6-7-8-9-10-12-11(2)3;1-2-4-5-3-1/h2,4-10H2,1,3H3;1-4H. The van der Waals surface area contributed by atoms with Crippen LogP contribution in [-0.2, 0) is 4.74 Å². The molecule has 0 spiro atoms. The number of ether oxygens (including phenoxy) is 1. The molecule has 2 heteroatoms. The molecule has 1 aromatic rings. The predicted molar refractivity (Wildman–Crippen MR) is 72.9 cm³/mol. The number of rotatable bonds is 8. The second-order valence-electron chi connectivity index (χ2n) is 4.11. The molecule has 0 atom stereocenters. The van der Waals surface area contributed by atoms with Crippen LogP contribution in [0.3, 0.4) is 0 Å². The molecule has 0 bridgehead atoms. The minimum atomic E-state index is 0.837. The number of hydrogen-bond acceptors (Lipinski definition) is 2. The van der Waals surface area contributed by atoms with E-state index >= 15 is 0 Å². The van der Waals surface area contributed by atoms with Crippen LogP contribution in [0.5, 0.6) is 0 Å². The zero-order valence-corrected chi connectivity index (χ0v) is 11.3. The molecule has 0 saturated heterocycles. The first-order valence-corrected chi connectivity index (χ1v) is 6.52. The predicted octanol–water partition coefficient (Wildman–Crippen LogP) is 5.18. The van der Waals surface area contributed by atoms with Crippen LogP contribution in [0.4, 0.5) is 0 Å². The molecular weight excluding hydrogens is 212 g/mol. The lowest BCUT2D eigenvalue weighted by atomic mass is 10.1. The van der Waals surface area contributed by atoms with Gasteiger partial charge in [0.15, 0.2) is 0 Å². The van der Waals surface area contributed by atoms with Crippen molar-refractivity contribution in [1.29, 1.82) is 0 Å². The Labute approximate surface area is 106 Å². The fourth-order valence-corrected chi connectivity index (χ4v) is 1.36. The minimum absolute atomic E-state index is 0.837. The van der Waals surface area contributed by atoms with E-state index in [0.29, 0.717) is 0 Å². The molecule has 1 rings (SSSR count). The Morgan fingerprint density at radius 1 is 1.06 bits per heavy atom. The fraction of sp³-hybridized carbons (Fsp3) is 0.600. The molecule has 0 aliphatic heterocycles. The summed E-state index contributed by atoms with van der Waals surface area (Å²) in [4.78, 5) is 0. The number of allylic oxidation sites excluding steroid dienone is 1. The SMILES string of the molecule is C=C(C)OCCCCCCCC.c1ccoc1. The zero-order valence-electron chi connectivity index (χ0n) is 11.3. The van der Waals surface area contributed by atoms with Crippen molar-refractivity contribution in [2.24, 2.45) is 0 Å². The molecular formula is C15H26O2. The van der Waals surface area contributed by atoms with E-state index < -0.39 is 0 Å². The van der Waals surface area contributed by atoms with Gasteiger partial charge in [-0.15, -0.1) is 0 Å². The molecule has 1 aromatic heterocycles. The summed E-state index contributed by atoms with van der Waals surface area (Å²) in [6.07, 6.45) is 11.2. The van der Waals surface area contributed by atoms with Gasteiger partial charge in [-0.1, -0.05) is 45.6 Å². The summed E-state index contributed by atoms with van der Waals surface area (Å²) < 4.78 is 9.84. The van der Waals surface area contributed by atoms with Gasteiger partial charge >= 0.3 is 0 Å². The quantitative estimate of drug-likeness (QED) is 0.460. The van der Waals surface area contributed by atoms with Crippen molar-refractivity contribution in [3.63, 3.8) is 0 Å². The average Bonchev–Trinajstić information content (AvgIpc) is 2.86. The average molecular weight is 238 g/mol. The van der Waals surface area contributed by atoms with Crippen molar-refractivity contribution < 1.29 is 9.15 Å². The van der Waals surface area contributed by atoms with Gasteiger partial charge in [0.25, 0.3) is 0 Å². The van der Waals surface area contributed by atoms with Crippen molar-refractivity contribution in [2.45, 2.75) is 52.4 Å². The summed E-state index contributed by atoms with van der Waals surface area (Å²) in [5.74, 6) is 0.837. The van der Waals surface area contributed by atoms with E-state index in [2.05, 4.69) is 17.9 Å². The Kier molecular flexibility index (Phi) is 12.0. The normalized spacial score (nSPS) is 9.29. The van der Waals surface area contributed by atoms with Crippen molar-refractivity contribution in [1.82, 2.24) is 0 Å². The summed E-state index contributed by atoms with van der Waals surface area (Å²) in [6, 6.07) is 3.67. The summed E-state index contributed by atoms with van der Waals surface area (Å²) >= 11 is 0. The largest absolute Gasteiger partial charge is 0.499 e. The molecule has 0 N–H and O–H groups in total. The van der Waals surface area contributed by atoms with Crippen molar-refractivity contribution in [3.05, 3.63) is 37.0 Å². The van der Waals surface area contributed by atoms with Gasteiger partial charge in [-0.3, -0.25) is 0 Å². The monoisotopic (exact) mass is 238 g/mol. The highest BCUT2D eigenvalue weighted by atomic mass is 16.5.